The van der Waals surface area contributed by atoms with Gasteiger partial charge < -0.3 is 29.6 Å². The molecule has 2 N–H and O–H groups in total. The van der Waals surface area contributed by atoms with Gasteiger partial charge in [0.2, 0.25) is 11.7 Å². The van der Waals surface area contributed by atoms with Gasteiger partial charge in [0.1, 0.15) is 5.75 Å². The average molecular weight is 374 g/mol. The molecule has 0 atom stereocenters. The Labute approximate surface area is 157 Å². The molecule has 2 amide bonds. The number of rotatable bonds is 7. The predicted molar refractivity (Wildman–Crippen MR) is 101 cm³/mol. The lowest BCUT2D eigenvalue weighted by molar-refractivity contribution is -0.114. The number of nitrogens with one attached hydrogen (secondary N) is 2. The van der Waals surface area contributed by atoms with E-state index >= 15 is 0 Å². The normalized spacial score (nSPS) is 9.96. The van der Waals surface area contributed by atoms with Crippen molar-refractivity contribution in [3.8, 4) is 23.0 Å². The zero-order valence-corrected chi connectivity index (χ0v) is 15.8. The summed E-state index contributed by atoms with van der Waals surface area (Å²) >= 11 is 0. The van der Waals surface area contributed by atoms with E-state index in [1.807, 2.05) is 0 Å². The molecule has 2 aromatic rings. The third kappa shape index (κ3) is 4.60. The maximum atomic E-state index is 12.7. The van der Waals surface area contributed by atoms with Crippen LogP contribution in [0.25, 0.3) is 0 Å². The first kappa shape index (κ1) is 19.9. The highest BCUT2D eigenvalue weighted by Crippen LogP contribution is 2.38. The van der Waals surface area contributed by atoms with Crippen LogP contribution in [0, 0.1) is 0 Å². The Kier molecular flexibility index (Phi) is 6.48. The maximum absolute atomic E-state index is 12.7. The fourth-order valence-corrected chi connectivity index (χ4v) is 2.49. The van der Waals surface area contributed by atoms with Crippen molar-refractivity contribution in [2.45, 2.75) is 6.92 Å². The van der Waals surface area contributed by atoms with Gasteiger partial charge in [-0.15, -0.1) is 0 Å². The van der Waals surface area contributed by atoms with E-state index in [1.54, 1.807) is 30.3 Å². The van der Waals surface area contributed by atoms with E-state index in [0.29, 0.717) is 39.9 Å². The largest absolute Gasteiger partial charge is 0.495 e. The monoisotopic (exact) mass is 374 g/mol. The van der Waals surface area contributed by atoms with Crippen molar-refractivity contribution in [1.82, 2.24) is 0 Å². The topological polar surface area (TPSA) is 95.1 Å². The molecule has 0 bridgehead atoms. The van der Waals surface area contributed by atoms with Crippen LogP contribution < -0.4 is 29.6 Å². The SMILES string of the molecule is COc1ccc(NC(C)=O)cc1NC(=O)c1cc(OC)c(OC)c(OC)c1. The van der Waals surface area contributed by atoms with Crippen LogP contribution in [0.4, 0.5) is 11.4 Å². The molecule has 8 nitrogen and oxygen atoms in total. The molecular weight excluding hydrogens is 352 g/mol. The van der Waals surface area contributed by atoms with E-state index in [2.05, 4.69) is 10.6 Å². The predicted octanol–water partition coefficient (Wildman–Crippen LogP) is 2.93. The van der Waals surface area contributed by atoms with E-state index in [1.165, 1.54) is 35.4 Å². The van der Waals surface area contributed by atoms with Gasteiger partial charge in [-0.3, -0.25) is 9.59 Å². The number of benzene rings is 2. The van der Waals surface area contributed by atoms with Crippen LogP contribution >= 0.6 is 0 Å². The number of ether oxygens (including phenoxy) is 4. The van der Waals surface area contributed by atoms with E-state index in [9.17, 15) is 9.59 Å². The smallest absolute Gasteiger partial charge is 0.256 e. The Bertz CT molecular complexity index is 825. The van der Waals surface area contributed by atoms with Gasteiger partial charge in [-0.1, -0.05) is 0 Å². The van der Waals surface area contributed by atoms with Crippen molar-refractivity contribution in [3.05, 3.63) is 35.9 Å². The zero-order chi connectivity index (χ0) is 20.0. The number of carbonyl (C=O) groups is 2. The molecule has 0 saturated heterocycles. The van der Waals surface area contributed by atoms with Crippen LogP contribution in [0.2, 0.25) is 0 Å². The third-order valence-electron chi connectivity index (χ3n) is 3.69. The second kappa shape index (κ2) is 8.79. The summed E-state index contributed by atoms with van der Waals surface area (Å²) in [7, 11) is 5.92. The van der Waals surface area contributed by atoms with Crippen LogP contribution in [0.5, 0.6) is 23.0 Å². The van der Waals surface area contributed by atoms with Crippen molar-refractivity contribution < 1.29 is 28.5 Å². The summed E-state index contributed by atoms with van der Waals surface area (Å²) in [5.41, 5.74) is 1.24. The average Bonchev–Trinajstić information content (AvgIpc) is 2.66. The van der Waals surface area contributed by atoms with E-state index in [-0.39, 0.29) is 5.91 Å². The molecule has 2 rings (SSSR count). The summed E-state index contributed by atoms with van der Waals surface area (Å²) < 4.78 is 21.1. The van der Waals surface area contributed by atoms with Crippen LogP contribution in [0.3, 0.4) is 0 Å². The molecule has 0 fully saturated rings. The molecule has 0 aliphatic heterocycles. The minimum atomic E-state index is -0.410. The highest BCUT2D eigenvalue weighted by atomic mass is 16.5. The summed E-state index contributed by atoms with van der Waals surface area (Å²) in [6.45, 7) is 1.40. The number of hydrogen-bond donors (Lipinski definition) is 2. The number of methoxy groups -OCH3 is 4. The Balaban J connectivity index is 2.38. The molecule has 0 aromatic heterocycles. The van der Waals surface area contributed by atoms with Crippen LogP contribution in [0.1, 0.15) is 17.3 Å². The summed E-state index contributed by atoms with van der Waals surface area (Å²) in [4.78, 5) is 24.0. The summed E-state index contributed by atoms with van der Waals surface area (Å²) in [6.07, 6.45) is 0. The zero-order valence-electron chi connectivity index (χ0n) is 15.8. The standard InChI is InChI=1S/C19H22N2O6/c1-11(22)20-13-6-7-15(24-2)14(10-13)21-19(23)12-8-16(25-3)18(27-5)17(9-12)26-4/h6-10H,1-5H3,(H,20,22)(H,21,23). The van der Waals surface area contributed by atoms with Gasteiger partial charge in [0, 0.05) is 18.2 Å². The molecule has 0 aliphatic rings. The van der Waals surface area contributed by atoms with Crippen molar-refractivity contribution in [3.63, 3.8) is 0 Å². The van der Waals surface area contributed by atoms with Gasteiger partial charge in [0.15, 0.2) is 11.5 Å². The highest BCUT2D eigenvalue weighted by Gasteiger charge is 2.18. The first-order valence-electron chi connectivity index (χ1n) is 8.00. The number of hydrogen-bond acceptors (Lipinski definition) is 6. The van der Waals surface area contributed by atoms with Gasteiger partial charge in [-0.25, -0.2) is 0 Å². The highest BCUT2D eigenvalue weighted by molar-refractivity contribution is 6.06. The first-order chi connectivity index (χ1) is 12.9. The van der Waals surface area contributed by atoms with E-state index < -0.39 is 5.91 Å². The van der Waals surface area contributed by atoms with Crippen molar-refractivity contribution in [2.24, 2.45) is 0 Å². The fourth-order valence-electron chi connectivity index (χ4n) is 2.49. The maximum Gasteiger partial charge on any atom is 0.256 e. The molecule has 8 heteroatoms. The molecule has 144 valence electrons. The van der Waals surface area contributed by atoms with Crippen LogP contribution in [0.15, 0.2) is 30.3 Å². The number of anilines is 2. The third-order valence-corrected chi connectivity index (χ3v) is 3.69. The summed E-state index contributed by atoms with van der Waals surface area (Å²) in [5.74, 6) is 0.934. The van der Waals surface area contributed by atoms with Gasteiger partial charge in [-0.05, 0) is 30.3 Å². The molecule has 0 heterocycles. The molecule has 27 heavy (non-hydrogen) atoms. The van der Waals surface area contributed by atoms with Crippen LogP contribution in [-0.4, -0.2) is 40.3 Å². The molecule has 0 unspecified atom stereocenters. The van der Waals surface area contributed by atoms with Crippen molar-refractivity contribution in [2.75, 3.05) is 39.1 Å². The van der Waals surface area contributed by atoms with Crippen LogP contribution in [-0.2, 0) is 4.79 Å². The summed E-state index contributed by atoms with van der Waals surface area (Å²) in [5, 5.41) is 5.42. The molecule has 0 spiro atoms. The Morgan fingerprint density at radius 2 is 1.37 bits per heavy atom. The molecule has 2 aromatic carbocycles. The number of carbonyl (C=O) groups excluding carboxylic acids is 2. The lowest BCUT2D eigenvalue weighted by Crippen LogP contribution is -2.14. The second-order valence-corrected chi connectivity index (χ2v) is 5.46. The van der Waals surface area contributed by atoms with Crippen molar-refractivity contribution >= 4 is 23.2 Å². The lowest BCUT2D eigenvalue weighted by Gasteiger charge is -2.15. The fraction of sp³-hybridized carbons (Fsp3) is 0.263. The quantitative estimate of drug-likeness (QED) is 0.774. The Morgan fingerprint density at radius 3 is 1.85 bits per heavy atom. The van der Waals surface area contributed by atoms with Gasteiger partial charge in [0.25, 0.3) is 5.91 Å². The number of amides is 2. The Hall–Kier alpha value is -3.42. The second-order valence-electron chi connectivity index (χ2n) is 5.46. The molecule has 0 radical (unpaired) electrons. The first-order valence-corrected chi connectivity index (χ1v) is 8.00. The molecular formula is C19H22N2O6. The molecule has 0 saturated carbocycles. The van der Waals surface area contributed by atoms with Gasteiger partial charge in [-0.2, -0.15) is 0 Å². The van der Waals surface area contributed by atoms with Gasteiger partial charge >= 0.3 is 0 Å². The minimum Gasteiger partial charge on any atom is -0.495 e. The van der Waals surface area contributed by atoms with E-state index in [4.69, 9.17) is 18.9 Å². The van der Waals surface area contributed by atoms with Crippen molar-refractivity contribution in [1.29, 1.82) is 0 Å². The van der Waals surface area contributed by atoms with E-state index in [0.717, 1.165) is 0 Å². The Morgan fingerprint density at radius 1 is 0.778 bits per heavy atom. The van der Waals surface area contributed by atoms with Gasteiger partial charge in [0.05, 0.1) is 34.1 Å². The summed E-state index contributed by atoms with van der Waals surface area (Å²) in [6, 6.07) is 8.02. The minimum absolute atomic E-state index is 0.220. The lowest BCUT2D eigenvalue weighted by atomic mass is 10.1. The molecule has 0 aliphatic carbocycles.